The Kier molecular flexibility index (Phi) is 28.0. The van der Waals surface area contributed by atoms with Crippen molar-refractivity contribution in [1.29, 1.82) is 5.26 Å². The van der Waals surface area contributed by atoms with Crippen LogP contribution in [0.1, 0.15) is 85.7 Å². The molecular weight excluding hydrogens is 1420 g/mol. The number of likely N-dealkylation sites (N-methyl/N-ethyl adjacent to an activating group) is 3. The highest BCUT2D eigenvalue weighted by molar-refractivity contribution is 5.98. The van der Waals surface area contributed by atoms with Gasteiger partial charge in [-0.3, -0.25) is 9.59 Å². The number of carbonyl (C=O) groups is 4. The van der Waals surface area contributed by atoms with Crippen molar-refractivity contribution < 1.29 is 53.1 Å². The highest BCUT2D eigenvalue weighted by atomic mass is 16.6. The number of hydrogen-bond acceptors (Lipinski definition) is 27. The maximum absolute atomic E-state index is 12.3. The number of rotatable bonds is 24. The van der Waals surface area contributed by atoms with Gasteiger partial charge in [0, 0.05) is 80.5 Å². The van der Waals surface area contributed by atoms with E-state index in [9.17, 15) is 24.4 Å². The lowest BCUT2D eigenvalue weighted by Gasteiger charge is -2.20. The van der Waals surface area contributed by atoms with E-state index in [-0.39, 0.29) is 49.6 Å². The molecule has 5 aromatic carbocycles. The molecule has 0 spiro atoms. The molecule has 0 aliphatic carbocycles. The topological polar surface area (TPSA) is 430 Å². The lowest BCUT2D eigenvalue weighted by molar-refractivity contribution is -0.150. The zero-order valence-corrected chi connectivity index (χ0v) is 62.8. The standard InChI is InChI=1S/C34H35N9O5.C20H23N3O3.C13H14N6O.C13H14N2O2/c1-34(2,3)48-31(44)27(36-4)17-24-11-10-23-16-25(12-13-26(23)40-24)43(5)14-15-46-33(45)37-18-21-6-8-22(9-7-21)19-47-30-28-29(39-20-38-28)41-32(35)42-30;1-20(2,3)26-19(25)15(13-21)11-16-6-5-14-12-17(23(4)9-10-24)7-8-18(14)22-16;14-5-8-1-3-9(4-2-8)6-20-12-10-11(17-7-16-10)18-13(15)19-12;1-15(6-7-16)12-4-5-13-10(8-12)2-3-11(9-17)14-13/h6-13,16-17,20H,14-15,18-19H2,1-3,5H3,(H,37,45)(H3,35,38,39,41,42);5-8,11-12,24H,9-10H2,1-4H3;1-4,7H,5-6,14H2,(H3,15,16,17,18,19);2-5,8-9,16H,6-7H2,1H3/b27-17-;15-11+;;. The lowest BCUT2D eigenvalue weighted by atomic mass is 10.1. The van der Waals surface area contributed by atoms with Crippen LogP contribution in [0.4, 0.5) is 33.8 Å². The molecule has 0 atom stereocenters. The molecule has 0 saturated carbocycles. The van der Waals surface area contributed by atoms with Crippen LogP contribution in [0, 0.1) is 17.9 Å². The van der Waals surface area contributed by atoms with E-state index in [0.717, 1.165) is 72.8 Å². The van der Waals surface area contributed by atoms with Crippen molar-refractivity contribution in [3.63, 3.8) is 0 Å². The number of aldehydes is 1. The minimum absolute atomic E-state index is 0.0796. The van der Waals surface area contributed by atoms with Crippen molar-refractivity contribution in [3.8, 4) is 17.8 Å². The number of amides is 1. The number of aromatic amines is 2. The number of alkyl carbamates (subject to hydrolysis) is 1. The number of esters is 2. The van der Waals surface area contributed by atoms with Crippen LogP contribution in [0.5, 0.6) is 11.8 Å². The summed E-state index contributed by atoms with van der Waals surface area (Å²) in [5.41, 5.74) is 27.9. The Hall–Kier alpha value is -13.8. The molecule has 7 aromatic heterocycles. The van der Waals surface area contributed by atoms with E-state index in [2.05, 4.69) is 65.0 Å². The fourth-order valence-corrected chi connectivity index (χ4v) is 10.4. The second-order valence-corrected chi connectivity index (χ2v) is 26.9. The number of nitriles is 1. The average molecular weight is 1500 g/mol. The van der Waals surface area contributed by atoms with Gasteiger partial charge >= 0.3 is 18.0 Å². The normalized spacial score (nSPS) is 11.4. The molecule has 572 valence electrons. The average Bonchev–Trinajstić information content (AvgIpc) is 1.79. The van der Waals surface area contributed by atoms with Crippen LogP contribution in [-0.4, -0.2) is 161 Å². The largest absolute Gasteiger partial charge is 0.471 e. The van der Waals surface area contributed by atoms with Crippen LogP contribution < -0.4 is 46.7 Å². The Labute approximate surface area is 639 Å². The SMILES string of the molecule is CN(CCO)c1ccc2nc(/C=C(\C#N)C(=O)OC(C)(C)C)ccc2c1.CN(CCO)c1ccc2nc(C=O)ccc2c1.NCc1ccc(COc2nc(N)nc3nc[nH]c23)cc1.[C-]#[N+]/C(=C\c1ccc2cc(N(C)CCOC(=O)NCc3ccc(COc4nc(N)nc5nc[nH]c45)cc3)ccc2n1)C(=O)OC(C)(C)C. The molecule has 0 bridgehead atoms. The highest BCUT2D eigenvalue weighted by Crippen LogP contribution is 2.28. The van der Waals surface area contributed by atoms with Gasteiger partial charge in [-0.1, -0.05) is 66.7 Å². The predicted octanol–water partition coefficient (Wildman–Crippen LogP) is 10.4. The predicted molar refractivity (Wildman–Crippen MR) is 424 cm³/mol. The summed E-state index contributed by atoms with van der Waals surface area (Å²) >= 11 is 0. The van der Waals surface area contributed by atoms with Crippen LogP contribution in [-0.2, 0) is 50.1 Å². The Morgan fingerprint density at radius 2 is 0.991 bits per heavy atom. The summed E-state index contributed by atoms with van der Waals surface area (Å²) in [6, 6.07) is 45.5. The van der Waals surface area contributed by atoms with Gasteiger partial charge in [-0.25, -0.2) is 39.4 Å². The first kappa shape index (κ1) is 81.3. The van der Waals surface area contributed by atoms with E-state index < -0.39 is 29.2 Å². The van der Waals surface area contributed by atoms with Gasteiger partial charge in [0.05, 0.1) is 66.9 Å². The van der Waals surface area contributed by atoms with Gasteiger partial charge in [0.2, 0.25) is 23.7 Å². The fourth-order valence-electron chi connectivity index (χ4n) is 10.4. The summed E-state index contributed by atoms with van der Waals surface area (Å²) in [6.07, 6.45) is 6.11. The first-order valence-corrected chi connectivity index (χ1v) is 34.9. The third kappa shape index (κ3) is 23.9. The Bertz CT molecular complexity index is 5390. The second kappa shape index (κ2) is 38.2. The van der Waals surface area contributed by atoms with Crippen LogP contribution in [0.15, 0.2) is 163 Å². The number of nitrogen functional groups attached to an aromatic ring is 2. The number of hydrogen-bond donors (Lipinski definition) is 8. The minimum atomic E-state index is -0.703. The van der Waals surface area contributed by atoms with Gasteiger partial charge in [-0.05, 0) is 149 Å². The number of pyridine rings is 3. The molecule has 12 rings (SSSR count). The van der Waals surface area contributed by atoms with Crippen molar-refractivity contribution >= 4 is 120 Å². The van der Waals surface area contributed by atoms with Crippen LogP contribution in [0.2, 0.25) is 0 Å². The molecule has 111 heavy (non-hydrogen) atoms. The molecule has 0 saturated heterocycles. The number of aromatic nitrogens is 11. The fraction of sp³-hybridized carbons (Fsp3) is 0.263. The van der Waals surface area contributed by atoms with E-state index in [4.69, 9.17) is 57.7 Å². The van der Waals surface area contributed by atoms with Gasteiger partial charge in [0.1, 0.15) is 59.4 Å². The van der Waals surface area contributed by atoms with E-state index in [1.165, 1.54) is 24.8 Å². The third-order valence-electron chi connectivity index (χ3n) is 16.1. The lowest BCUT2D eigenvalue weighted by Crippen LogP contribution is -2.28. The maximum atomic E-state index is 12.3. The Morgan fingerprint density at radius 3 is 1.42 bits per heavy atom. The van der Waals surface area contributed by atoms with E-state index in [1.807, 2.05) is 163 Å². The number of ether oxygens (including phenoxy) is 5. The number of nitrogens with two attached hydrogens (primary N) is 3. The molecule has 0 unspecified atom stereocenters. The maximum Gasteiger partial charge on any atom is 0.407 e. The molecule has 11 N–H and O–H groups in total. The van der Waals surface area contributed by atoms with Crippen LogP contribution in [0.25, 0.3) is 72.0 Å². The first-order valence-electron chi connectivity index (χ1n) is 34.9. The van der Waals surface area contributed by atoms with Gasteiger partial charge in [0.15, 0.2) is 17.6 Å². The Balaban J connectivity index is 0.000000188. The zero-order chi connectivity index (χ0) is 79.8. The van der Waals surface area contributed by atoms with Gasteiger partial charge in [-0.15, -0.1) is 0 Å². The van der Waals surface area contributed by atoms with Gasteiger partial charge in [-0.2, -0.15) is 25.2 Å². The summed E-state index contributed by atoms with van der Waals surface area (Å²) in [6.45, 7) is 21.3. The number of aliphatic hydroxyl groups excluding tert-OH is 2. The number of H-pyrrole nitrogens is 2. The van der Waals surface area contributed by atoms with Crippen LogP contribution >= 0.6 is 0 Å². The summed E-state index contributed by atoms with van der Waals surface area (Å²) < 4.78 is 27.4. The minimum Gasteiger partial charge on any atom is -0.471 e. The molecule has 7 heterocycles. The molecule has 0 aliphatic rings. The van der Waals surface area contributed by atoms with E-state index in [0.29, 0.717) is 96.0 Å². The highest BCUT2D eigenvalue weighted by Gasteiger charge is 2.23. The van der Waals surface area contributed by atoms with Gasteiger partial charge < -0.3 is 81.1 Å². The number of benzene rings is 5. The smallest absolute Gasteiger partial charge is 0.407 e. The molecule has 12 aromatic rings. The second-order valence-electron chi connectivity index (χ2n) is 26.9. The summed E-state index contributed by atoms with van der Waals surface area (Å²) in [7, 11) is 5.73. The number of aliphatic hydroxyl groups is 2. The number of nitrogens with one attached hydrogen (secondary N) is 3. The van der Waals surface area contributed by atoms with Crippen molar-refractivity contribution in [3.05, 3.63) is 214 Å². The van der Waals surface area contributed by atoms with E-state index >= 15 is 0 Å². The number of anilines is 5. The third-order valence-corrected chi connectivity index (χ3v) is 16.1. The monoisotopic (exact) mass is 1500 g/mol. The first-order chi connectivity index (χ1) is 53.2. The number of nitrogens with zero attached hydrogens (tertiary/aromatic N) is 14. The van der Waals surface area contributed by atoms with Crippen molar-refractivity contribution in [2.24, 2.45) is 5.73 Å². The molecule has 31 nitrogen and oxygen atoms in total. The summed E-state index contributed by atoms with van der Waals surface area (Å²) in [4.78, 5) is 100. The molecule has 0 fully saturated rings. The van der Waals surface area contributed by atoms with Crippen LogP contribution in [0.3, 0.4) is 0 Å². The number of carbonyl (C=O) groups excluding carboxylic acids is 4. The number of imidazole rings is 2. The molecule has 1 amide bonds. The molecule has 0 aliphatic heterocycles. The van der Waals surface area contributed by atoms with E-state index in [1.54, 1.807) is 59.7 Å². The zero-order valence-electron chi connectivity index (χ0n) is 62.8. The van der Waals surface area contributed by atoms with Crippen molar-refractivity contribution in [1.82, 2.24) is 60.1 Å². The quantitative estimate of drug-likeness (QED) is 0.00696. The molecular formula is C80H86N20O11. The summed E-state index contributed by atoms with van der Waals surface area (Å²) in [5.74, 6) is -0.416. The van der Waals surface area contributed by atoms with Crippen molar-refractivity contribution in [2.45, 2.75) is 79.0 Å². The summed E-state index contributed by atoms with van der Waals surface area (Å²) in [5, 5.41) is 32.7. The van der Waals surface area contributed by atoms with Crippen molar-refractivity contribution in [2.75, 3.05) is 86.8 Å². The molecule has 31 heteroatoms. The Morgan fingerprint density at radius 1 is 0.568 bits per heavy atom. The number of fused-ring (bicyclic) bond motifs is 5. The molecule has 0 radical (unpaired) electrons. The van der Waals surface area contributed by atoms with Gasteiger partial charge in [0.25, 0.3) is 5.70 Å².